The van der Waals surface area contributed by atoms with Crippen LogP contribution in [0.4, 0.5) is 0 Å². The van der Waals surface area contributed by atoms with Crippen LogP contribution in [0.2, 0.25) is 0 Å². The summed E-state index contributed by atoms with van der Waals surface area (Å²) in [7, 11) is 0. The number of hydrogen-bond acceptors (Lipinski definition) is 2. The SMILES string of the molecule is O=C(O)c1cc[c-]cc1.[CH2-]c1cccc(OCc2cccc3ccccc23)c1.[K+]. The first-order valence-electron chi connectivity index (χ1n) is 8.84. The Morgan fingerprint density at radius 2 is 1.62 bits per heavy atom. The molecule has 3 nitrogen and oxygen atoms in total. The number of fused-ring (bicyclic) bond motifs is 1. The Hall–Kier alpha value is -2.08. The quantitative estimate of drug-likeness (QED) is 0.418. The molecule has 0 heterocycles. The van der Waals surface area contributed by atoms with E-state index in [1.54, 1.807) is 12.1 Å². The monoisotopic (exact) mass is 407 g/mol. The van der Waals surface area contributed by atoms with Gasteiger partial charge in [0, 0.05) is 0 Å². The van der Waals surface area contributed by atoms with E-state index in [4.69, 9.17) is 9.84 Å². The van der Waals surface area contributed by atoms with Gasteiger partial charge < -0.3 is 9.84 Å². The summed E-state index contributed by atoms with van der Waals surface area (Å²) >= 11 is 0. The van der Waals surface area contributed by atoms with Crippen LogP contribution in [0, 0.1) is 13.0 Å². The van der Waals surface area contributed by atoms with Crippen LogP contribution < -0.4 is 56.1 Å². The smallest absolute Gasteiger partial charge is 0.502 e. The number of carboxylic acid groups (broad SMARTS) is 1. The van der Waals surface area contributed by atoms with Crippen molar-refractivity contribution in [1.29, 1.82) is 0 Å². The topological polar surface area (TPSA) is 46.5 Å². The minimum absolute atomic E-state index is 0. The second-order valence-corrected chi connectivity index (χ2v) is 6.17. The van der Waals surface area contributed by atoms with Crippen molar-refractivity contribution in [3.05, 3.63) is 121 Å². The van der Waals surface area contributed by atoms with Crippen molar-refractivity contribution in [3.8, 4) is 5.75 Å². The molecular weight excluding hydrogens is 387 g/mol. The van der Waals surface area contributed by atoms with Crippen molar-refractivity contribution in [1.82, 2.24) is 0 Å². The van der Waals surface area contributed by atoms with Crippen LogP contribution in [-0.2, 0) is 6.61 Å². The molecule has 4 aromatic carbocycles. The molecule has 4 aromatic rings. The van der Waals surface area contributed by atoms with Gasteiger partial charge in [0.1, 0.15) is 6.61 Å². The molecule has 0 radical (unpaired) electrons. The summed E-state index contributed by atoms with van der Waals surface area (Å²) in [5.41, 5.74) is 2.47. The van der Waals surface area contributed by atoms with E-state index in [0.717, 1.165) is 11.3 Å². The largest absolute Gasteiger partial charge is 1.00 e. The molecule has 0 aliphatic carbocycles. The van der Waals surface area contributed by atoms with Gasteiger partial charge in [-0.2, -0.15) is 48.9 Å². The van der Waals surface area contributed by atoms with Gasteiger partial charge in [-0.15, -0.1) is 12.1 Å². The molecule has 0 saturated heterocycles. The van der Waals surface area contributed by atoms with Crippen molar-refractivity contribution in [3.63, 3.8) is 0 Å². The van der Waals surface area contributed by atoms with Crippen molar-refractivity contribution < 1.29 is 66.0 Å². The summed E-state index contributed by atoms with van der Waals surface area (Å²) in [6.07, 6.45) is 0. The van der Waals surface area contributed by atoms with Crippen molar-refractivity contribution in [2.24, 2.45) is 0 Å². The number of hydrogen-bond donors (Lipinski definition) is 1. The van der Waals surface area contributed by atoms with E-state index < -0.39 is 5.97 Å². The molecule has 4 heteroatoms. The van der Waals surface area contributed by atoms with Crippen LogP contribution in [0.1, 0.15) is 21.5 Å². The summed E-state index contributed by atoms with van der Waals surface area (Å²) in [4.78, 5) is 10.2. The number of rotatable bonds is 4. The predicted octanol–water partition coefficient (Wildman–Crippen LogP) is 2.79. The molecule has 0 amide bonds. The zero-order valence-corrected chi connectivity index (χ0v) is 19.5. The van der Waals surface area contributed by atoms with Crippen LogP contribution in [0.3, 0.4) is 0 Å². The van der Waals surface area contributed by atoms with Gasteiger partial charge in [0.15, 0.2) is 0 Å². The average Bonchev–Trinajstić information content (AvgIpc) is 2.73. The molecule has 0 saturated carbocycles. The molecule has 1 N–H and O–H groups in total. The van der Waals surface area contributed by atoms with Gasteiger partial charge >= 0.3 is 57.4 Å². The molecule has 0 aromatic heterocycles. The van der Waals surface area contributed by atoms with Crippen LogP contribution in [0.25, 0.3) is 10.8 Å². The van der Waals surface area contributed by atoms with Crippen LogP contribution in [-0.4, -0.2) is 11.1 Å². The van der Waals surface area contributed by atoms with Crippen LogP contribution >= 0.6 is 0 Å². The summed E-state index contributed by atoms with van der Waals surface area (Å²) in [6.45, 7) is 4.48. The minimum Gasteiger partial charge on any atom is -0.502 e. The summed E-state index contributed by atoms with van der Waals surface area (Å²) in [5, 5.41) is 10.9. The van der Waals surface area contributed by atoms with E-state index >= 15 is 0 Å². The maximum absolute atomic E-state index is 10.2. The Bertz CT molecular complexity index is 1060. The number of carbonyl (C=O) groups is 1. The molecule has 0 atom stereocenters. The molecule has 0 fully saturated rings. The standard InChI is InChI=1S/C18H15O.C7H5O2.K/c1-14-6-4-10-17(12-14)19-13-16-9-5-8-15-7-2-3-11-18(15)16;8-7(9)6-4-2-1-3-5-6;/h2-12H,1,13H2;2-5H,(H,8,9);/q2*-1;+1. The minimum atomic E-state index is -0.899. The number of aromatic carboxylic acids is 1. The fraction of sp³-hybridized carbons (Fsp3) is 0.0400. The van der Waals surface area contributed by atoms with Crippen LogP contribution in [0.15, 0.2) is 91.0 Å². The van der Waals surface area contributed by atoms with Crippen molar-refractivity contribution in [2.75, 3.05) is 0 Å². The Kier molecular flexibility index (Phi) is 9.44. The maximum Gasteiger partial charge on any atom is 1.00 e. The molecule has 29 heavy (non-hydrogen) atoms. The van der Waals surface area contributed by atoms with Gasteiger partial charge in [-0.3, -0.25) is 0 Å². The Labute approximate surface area is 213 Å². The third kappa shape index (κ3) is 7.03. The Morgan fingerprint density at radius 1 is 0.931 bits per heavy atom. The zero-order valence-electron chi connectivity index (χ0n) is 16.3. The summed E-state index contributed by atoms with van der Waals surface area (Å²) in [5.74, 6) is -0.0376. The Morgan fingerprint density at radius 3 is 2.31 bits per heavy atom. The van der Waals surface area contributed by atoms with E-state index in [1.165, 1.54) is 28.5 Å². The normalized spacial score (nSPS) is 9.66. The van der Waals surface area contributed by atoms with E-state index in [1.807, 2.05) is 24.3 Å². The van der Waals surface area contributed by atoms with E-state index in [-0.39, 0.29) is 51.4 Å². The third-order valence-electron chi connectivity index (χ3n) is 4.14. The first-order chi connectivity index (χ1) is 13.6. The number of benzene rings is 4. The van der Waals surface area contributed by atoms with E-state index in [0.29, 0.717) is 12.2 Å². The first kappa shape index (κ1) is 23.2. The fourth-order valence-electron chi connectivity index (χ4n) is 2.74. The molecule has 4 rings (SSSR count). The molecule has 0 bridgehead atoms. The molecule has 0 unspecified atom stereocenters. The Balaban J connectivity index is 0.000000255. The van der Waals surface area contributed by atoms with Gasteiger partial charge in [0.2, 0.25) is 0 Å². The average molecular weight is 408 g/mol. The van der Waals surface area contributed by atoms with Crippen molar-refractivity contribution in [2.45, 2.75) is 6.61 Å². The molecule has 140 valence electrons. The fourth-order valence-corrected chi connectivity index (χ4v) is 2.74. The molecule has 0 spiro atoms. The van der Waals surface area contributed by atoms with E-state index in [2.05, 4.69) is 55.5 Å². The van der Waals surface area contributed by atoms with Gasteiger partial charge in [-0.05, 0) is 28.0 Å². The first-order valence-corrected chi connectivity index (χ1v) is 8.84. The van der Waals surface area contributed by atoms with Gasteiger partial charge in [-0.25, -0.2) is 4.79 Å². The molecule has 0 aliphatic rings. The second kappa shape index (κ2) is 11.8. The van der Waals surface area contributed by atoms with Gasteiger partial charge in [0.05, 0.1) is 5.75 Å². The summed E-state index contributed by atoms with van der Waals surface area (Å²) in [6, 6.07) is 31.4. The van der Waals surface area contributed by atoms with Crippen LogP contribution in [0.5, 0.6) is 5.75 Å². The number of ether oxygens (including phenoxy) is 1. The molecular formula is C25H20KO3-. The zero-order chi connectivity index (χ0) is 19.8. The molecule has 0 aliphatic heterocycles. The maximum atomic E-state index is 10.2. The second-order valence-electron chi connectivity index (χ2n) is 6.17. The van der Waals surface area contributed by atoms with Gasteiger partial charge in [-0.1, -0.05) is 42.5 Å². The third-order valence-corrected chi connectivity index (χ3v) is 4.14. The van der Waals surface area contributed by atoms with Gasteiger partial charge in [0.25, 0.3) is 0 Å². The predicted molar refractivity (Wildman–Crippen MR) is 111 cm³/mol. The van der Waals surface area contributed by atoms with Crippen molar-refractivity contribution >= 4 is 16.7 Å². The summed E-state index contributed by atoms with van der Waals surface area (Å²) < 4.78 is 5.84. The number of carboxylic acids is 1. The van der Waals surface area contributed by atoms with E-state index in [9.17, 15) is 4.79 Å².